The summed E-state index contributed by atoms with van der Waals surface area (Å²) in [5.74, 6) is 1.96. The van der Waals surface area contributed by atoms with Gasteiger partial charge in [-0.2, -0.15) is 0 Å². The molecule has 4 heteroatoms. The Morgan fingerprint density at radius 1 is 0.444 bits per heavy atom. The van der Waals surface area contributed by atoms with Crippen LogP contribution in [0, 0.1) is 0 Å². The van der Waals surface area contributed by atoms with Crippen molar-refractivity contribution in [1.82, 2.24) is 0 Å². The van der Waals surface area contributed by atoms with E-state index in [0.717, 1.165) is 11.5 Å². The molecule has 0 saturated heterocycles. The molecule has 5 aromatic rings. The van der Waals surface area contributed by atoms with Crippen LogP contribution in [-0.4, -0.2) is 19.3 Å². The fourth-order valence-corrected chi connectivity index (χ4v) is 6.01. The molecule has 180 valence electrons. The highest BCUT2D eigenvalue weighted by atomic mass is 31.1. The fourth-order valence-electron chi connectivity index (χ4n) is 3.77. The quantitative estimate of drug-likeness (QED) is 0.274. The summed E-state index contributed by atoms with van der Waals surface area (Å²) in [6.07, 6.45) is 0. The number of phenolic OH excluding ortho intramolecular Hbond substituents is 1. The first kappa shape index (κ1) is 25.0. The molecule has 0 fully saturated rings. The molecule has 0 amide bonds. The molecule has 5 aromatic carbocycles. The van der Waals surface area contributed by atoms with Gasteiger partial charge in [-0.1, -0.05) is 97.1 Å². The van der Waals surface area contributed by atoms with E-state index in [1.54, 1.807) is 26.4 Å². The molecule has 0 unspecified atom stereocenters. The maximum atomic E-state index is 9.59. The zero-order chi connectivity index (χ0) is 25.2. The lowest BCUT2D eigenvalue weighted by Gasteiger charge is -2.20. The molecular formula is C32H29O3P. The largest absolute Gasteiger partial charge is 0.508 e. The number of methoxy groups -OCH3 is 2. The van der Waals surface area contributed by atoms with Crippen LogP contribution in [0.5, 0.6) is 17.2 Å². The third-order valence-electron chi connectivity index (χ3n) is 5.65. The maximum absolute atomic E-state index is 9.59. The molecule has 0 aliphatic rings. The Bertz CT molecular complexity index is 1230. The van der Waals surface area contributed by atoms with Crippen LogP contribution in [0.25, 0.3) is 11.1 Å². The number of ether oxygens (including phenoxy) is 2. The lowest BCUT2D eigenvalue weighted by molar-refractivity contribution is 0.415. The summed E-state index contributed by atoms with van der Waals surface area (Å²) in [5, 5.41) is 13.2. The van der Waals surface area contributed by atoms with Crippen LogP contribution in [-0.2, 0) is 0 Å². The average molecular weight is 493 g/mol. The van der Waals surface area contributed by atoms with Crippen molar-refractivity contribution in [3.05, 3.63) is 133 Å². The van der Waals surface area contributed by atoms with E-state index in [1.165, 1.54) is 27.0 Å². The second-order valence-electron chi connectivity index (χ2n) is 7.98. The fraction of sp³-hybridized carbons (Fsp3) is 0.0625. The summed E-state index contributed by atoms with van der Waals surface area (Å²) in [7, 11) is 2.62. The van der Waals surface area contributed by atoms with E-state index in [0.29, 0.717) is 0 Å². The molecule has 0 spiro atoms. The summed E-state index contributed by atoms with van der Waals surface area (Å²) >= 11 is 0. The van der Waals surface area contributed by atoms with Crippen molar-refractivity contribution in [2.45, 2.75) is 0 Å². The van der Waals surface area contributed by atoms with Crippen molar-refractivity contribution >= 4 is 23.8 Å². The number of aromatic hydroxyl groups is 1. The molecule has 1 N–H and O–H groups in total. The molecule has 0 atom stereocenters. The Balaban J connectivity index is 0.000000211. The minimum absolute atomic E-state index is 0.276. The molecule has 36 heavy (non-hydrogen) atoms. The standard InChI is InChI=1S/C20H19O3P.C12H10/c1-22-16-5-11-19(12-6-16)24(18-9-3-15(21)4-10-18)20-13-7-17(23-2)8-14-20;1-3-7-11(8-4-1)12-9-5-2-6-10-12/h3-14,21H,1-2H3;1-10H. The van der Waals surface area contributed by atoms with E-state index >= 15 is 0 Å². The molecule has 0 bridgehead atoms. The lowest BCUT2D eigenvalue weighted by Crippen LogP contribution is -2.20. The number of phenols is 1. The minimum atomic E-state index is -0.715. The van der Waals surface area contributed by atoms with E-state index in [9.17, 15) is 5.11 Å². The summed E-state index contributed by atoms with van der Waals surface area (Å²) in [6.45, 7) is 0. The third kappa shape index (κ3) is 6.53. The Hall–Kier alpha value is -4.07. The van der Waals surface area contributed by atoms with E-state index in [-0.39, 0.29) is 5.75 Å². The van der Waals surface area contributed by atoms with E-state index < -0.39 is 7.92 Å². The van der Waals surface area contributed by atoms with Gasteiger partial charge in [-0.15, -0.1) is 0 Å². The van der Waals surface area contributed by atoms with Gasteiger partial charge in [0.25, 0.3) is 0 Å². The molecule has 5 rings (SSSR count). The predicted molar refractivity (Wildman–Crippen MR) is 152 cm³/mol. The van der Waals surface area contributed by atoms with Crippen LogP contribution < -0.4 is 25.4 Å². The van der Waals surface area contributed by atoms with Crippen LogP contribution >= 0.6 is 7.92 Å². The number of hydrogen-bond acceptors (Lipinski definition) is 3. The van der Waals surface area contributed by atoms with Gasteiger partial charge in [-0.05, 0) is 71.4 Å². The molecule has 3 nitrogen and oxygen atoms in total. The lowest BCUT2D eigenvalue weighted by atomic mass is 10.1. The number of hydrogen-bond donors (Lipinski definition) is 1. The highest BCUT2D eigenvalue weighted by molar-refractivity contribution is 7.79. The second-order valence-corrected chi connectivity index (χ2v) is 10.2. The Kier molecular flexibility index (Phi) is 8.75. The van der Waals surface area contributed by atoms with Crippen molar-refractivity contribution in [2.24, 2.45) is 0 Å². The summed E-state index contributed by atoms with van der Waals surface area (Å²) < 4.78 is 10.5. The van der Waals surface area contributed by atoms with Crippen molar-refractivity contribution in [2.75, 3.05) is 14.2 Å². The molecule has 0 aliphatic heterocycles. The van der Waals surface area contributed by atoms with Gasteiger partial charge in [-0.25, -0.2) is 0 Å². The molecule has 0 heterocycles. The van der Waals surface area contributed by atoms with Crippen LogP contribution in [0.4, 0.5) is 0 Å². The summed E-state index contributed by atoms with van der Waals surface area (Å²) in [6, 6.07) is 44.5. The van der Waals surface area contributed by atoms with E-state index in [4.69, 9.17) is 9.47 Å². The molecule has 0 aromatic heterocycles. The monoisotopic (exact) mass is 492 g/mol. The average Bonchev–Trinajstić information content (AvgIpc) is 2.96. The molecule has 0 aliphatic carbocycles. The normalized spacial score (nSPS) is 10.3. The first-order chi connectivity index (χ1) is 17.7. The second kappa shape index (κ2) is 12.6. The first-order valence-electron chi connectivity index (χ1n) is 11.7. The van der Waals surface area contributed by atoms with Gasteiger partial charge in [0.1, 0.15) is 17.2 Å². The number of rotatable bonds is 6. The Labute approximate surface area is 214 Å². The summed E-state index contributed by atoms with van der Waals surface area (Å²) in [4.78, 5) is 0. The highest BCUT2D eigenvalue weighted by Crippen LogP contribution is 2.34. The van der Waals surface area contributed by atoms with Gasteiger partial charge in [0, 0.05) is 0 Å². The van der Waals surface area contributed by atoms with Gasteiger partial charge in [0.15, 0.2) is 0 Å². The topological polar surface area (TPSA) is 38.7 Å². The van der Waals surface area contributed by atoms with Gasteiger partial charge in [0.05, 0.1) is 14.2 Å². The van der Waals surface area contributed by atoms with Crippen LogP contribution in [0.15, 0.2) is 133 Å². The SMILES string of the molecule is COc1ccc(P(c2ccc(O)cc2)c2ccc(OC)cc2)cc1.c1ccc(-c2ccccc2)cc1. The molecular weight excluding hydrogens is 463 g/mol. The molecule has 0 radical (unpaired) electrons. The van der Waals surface area contributed by atoms with E-state index in [1.807, 2.05) is 48.5 Å². The zero-order valence-electron chi connectivity index (χ0n) is 20.4. The van der Waals surface area contributed by atoms with Gasteiger partial charge in [0.2, 0.25) is 0 Å². The number of benzene rings is 5. The maximum Gasteiger partial charge on any atom is 0.118 e. The first-order valence-corrected chi connectivity index (χ1v) is 13.0. The summed E-state index contributed by atoms with van der Waals surface area (Å²) in [5.41, 5.74) is 2.55. The van der Waals surface area contributed by atoms with Crippen LogP contribution in [0.2, 0.25) is 0 Å². The Morgan fingerprint density at radius 2 is 0.778 bits per heavy atom. The predicted octanol–water partition coefficient (Wildman–Crippen LogP) is 6.52. The van der Waals surface area contributed by atoms with Crippen molar-refractivity contribution in [3.63, 3.8) is 0 Å². The van der Waals surface area contributed by atoms with Crippen molar-refractivity contribution < 1.29 is 14.6 Å². The highest BCUT2D eigenvalue weighted by Gasteiger charge is 2.17. The minimum Gasteiger partial charge on any atom is -0.508 e. The van der Waals surface area contributed by atoms with Gasteiger partial charge < -0.3 is 14.6 Å². The smallest absolute Gasteiger partial charge is 0.118 e. The van der Waals surface area contributed by atoms with Crippen LogP contribution in [0.1, 0.15) is 0 Å². The molecule has 0 saturated carbocycles. The Morgan fingerprint density at radius 3 is 1.11 bits per heavy atom. The van der Waals surface area contributed by atoms with Gasteiger partial charge in [-0.3, -0.25) is 0 Å². The van der Waals surface area contributed by atoms with Crippen molar-refractivity contribution in [1.29, 1.82) is 0 Å². The van der Waals surface area contributed by atoms with Crippen molar-refractivity contribution in [3.8, 4) is 28.4 Å². The van der Waals surface area contributed by atoms with E-state index in [2.05, 4.69) is 72.8 Å². The third-order valence-corrected chi connectivity index (χ3v) is 8.09. The van der Waals surface area contributed by atoms with Crippen LogP contribution in [0.3, 0.4) is 0 Å². The van der Waals surface area contributed by atoms with Gasteiger partial charge >= 0.3 is 0 Å². The zero-order valence-corrected chi connectivity index (χ0v) is 21.3.